The molecule has 0 fully saturated rings. The van der Waals surface area contributed by atoms with Crippen molar-refractivity contribution in [3.8, 4) is 21.8 Å². The molecule has 0 amide bonds. The van der Waals surface area contributed by atoms with E-state index in [2.05, 4.69) is 34.2 Å². The van der Waals surface area contributed by atoms with E-state index in [0.29, 0.717) is 5.02 Å². The molecular weight excluding hydrogens is 366 g/mol. The van der Waals surface area contributed by atoms with Crippen LogP contribution in [-0.2, 0) is 6.42 Å². The van der Waals surface area contributed by atoms with Gasteiger partial charge in [0.2, 0.25) is 4.96 Å². The van der Waals surface area contributed by atoms with Crippen LogP contribution in [0.1, 0.15) is 12.7 Å². The van der Waals surface area contributed by atoms with Gasteiger partial charge < -0.3 is 4.98 Å². The second-order valence-corrected chi connectivity index (χ2v) is 7.39. The highest BCUT2D eigenvalue weighted by Crippen LogP contribution is 2.40. The zero-order valence-corrected chi connectivity index (χ0v) is 15.5. The molecule has 3 heterocycles. The minimum atomic E-state index is 0.714. The molecule has 0 aliphatic carbocycles. The highest BCUT2D eigenvalue weighted by atomic mass is 35.5. The quantitative estimate of drug-likeness (QED) is 0.467. The summed E-state index contributed by atoms with van der Waals surface area (Å²) in [5.41, 5.74) is 4.24. The highest BCUT2D eigenvalue weighted by Gasteiger charge is 2.20. The van der Waals surface area contributed by atoms with Crippen molar-refractivity contribution in [1.82, 2.24) is 24.8 Å². The first kappa shape index (κ1) is 15.5. The van der Waals surface area contributed by atoms with E-state index in [1.807, 2.05) is 40.9 Å². The number of nitrogens with one attached hydrogen (secondary N) is 1. The zero-order chi connectivity index (χ0) is 17.7. The van der Waals surface area contributed by atoms with Crippen LogP contribution >= 0.6 is 22.9 Å². The molecule has 26 heavy (non-hydrogen) atoms. The van der Waals surface area contributed by atoms with Crippen molar-refractivity contribution in [2.45, 2.75) is 13.3 Å². The summed E-state index contributed by atoms with van der Waals surface area (Å²) in [4.78, 5) is 4.32. The third-order valence-electron chi connectivity index (χ3n) is 4.41. The molecule has 0 unspecified atom stereocenters. The molecule has 0 saturated carbocycles. The Labute approximate surface area is 158 Å². The molecule has 0 radical (unpaired) electrons. The number of hydrogen-bond donors (Lipinski definition) is 1. The average molecular weight is 380 g/mol. The predicted octanol–water partition coefficient (Wildman–Crippen LogP) is 5.22. The lowest BCUT2D eigenvalue weighted by atomic mass is 10.0. The SMILES string of the molecule is CCc1nnc2sc(-c3[nH]c4ccc(Cl)cc4c3-c3ccccc3)nn12. The van der Waals surface area contributed by atoms with Gasteiger partial charge in [0, 0.05) is 27.9 Å². The van der Waals surface area contributed by atoms with E-state index >= 15 is 0 Å². The van der Waals surface area contributed by atoms with Crippen LogP contribution in [0.15, 0.2) is 48.5 Å². The van der Waals surface area contributed by atoms with Crippen LogP contribution in [-0.4, -0.2) is 24.8 Å². The van der Waals surface area contributed by atoms with Crippen LogP contribution in [0.5, 0.6) is 0 Å². The maximum absolute atomic E-state index is 6.27. The largest absolute Gasteiger partial charge is 0.352 e. The summed E-state index contributed by atoms with van der Waals surface area (Å²) in [5.74, 6) is 0.864. The van der Waals surface area contributed by atoms with Gasteiger partial charge in [-0.05, 0) is 23.8 Å². The Kier molecular flexibility index (Phi) is 3.55. The van der Waals surface area contributed by atoms with Gasteiger partial charge in [-0.1, -0.05) is 60.2 Å². The number of nitrogens with zero attached hydrogens (tertiary/aromatic N) is 4. The monoisotopic (exact) mass is 379 g/mol. The zero-order valence-electron chi connectivity index (χ0n) is 13.9. The lowest BCUT2D eigenvalue weighted by molar-refractivity contribution is 0.837. The topological polar surface area (TPSA) is 58.9 Å². The second kappa shape index (κ2) is 5.93. The first-order valence-electron chi connectivity index (χ1n) is 8.32. The molecular formula is C19H14ClN5S. The van der Waals surface area contributed by atoms with Crippen molar-refractivity contribution in [3.63, 3.8) is 0 Å². The molecule has 7 heteroatoms. The number of benzene rings is 2. The van der Waals surface area contributed by atoms with E-state index in [-0.39, 0.29) is 0 Å². The van der Waals surface area contributed by atoms with Crippen LogP contribution < -0.4 is 0 Å². The number of fused-ring (bicyclic) bond motifs is 2. The average Bonchev–Trinajstić information content (AvgIpc) is 3.33. The van der Waals surface area contributed by atoms with E-state index in [9.17, 15) is 0 Å². The predicted molar refractivity (Wildman–Crippen MR) is 106 cm³/mol. The van der Waals surface area contributed by atoms with Gasteiger partial charge in [0.15, 0.2) is 10.8 Å². The van der Waals surface area contributed by atoms with E-state index < -0.39 is 0 Å². The minimum absolute atomic E-state index is 0.714. The standard InChI is InChI=1S/C19H14ClN5S/c1-2-15-22-23-19-25(15)24-18(26-19)17-16(11-6-4-3-5-7-11)13-10-12(20)8-9-14(13)21-17/h3-10,21H,2H2,1H3. The van der Waals surface area contributed by atoms with Crippen LogP contribution in [0.4, 0.5) is 0 Å². The van der Waals surface area contributed by atoms with Crippen LogP contribution in [0.2, 0.25) is 5.02 Å². The van der Waals surface area contributed by atoms with Gasteiger partial charge in [0.1, 0.15) is 0 Å². The van der Waals surface area contributed by atoms with Crippen LogP contribution in [0, 0.1) is 0 Å². The van der Waals surface area contributed by atoms with Crippen molar-refractivity contribution in [2.24, 2.45) is 0 Å². The fraction of sp³-hybridized carbons (Fsp3) is 0.105. The maximum atomic E-state index is 6.27. The smallest absolute Gasteiger partial charge is 0.235 e. The van der Waals surface area contributed by atoms with Crippen molar-refractivity contribution in [3.05, 3.63) is 59.4 Å². The second-order valence-electron chi connectivity index (χ2n) is 6.00. The van der Waals surface area contributed by atoms with Gasteiger partial charge in [0.25, 0.3) is 0 Å². The molecule has 0 aliphatic heterocycles. The number of rotatable bonds is 3. The molecule has 5 rings (SSSR count). The molecule has 5 nitrogen and oxygen atoms in total. The number of aromatic amines is 1. The fourth-order valence-electron chi connectivity index (χ4n) is 3.21. The van der Waals surface area contributed by atoms with Gasteiger partial charge in [-0.3, -0.25) is 0 Å². The number of halogens is 1. The summed E-state index contributed by atoms with van der Waals surface area (Å²) >= 11 is 7.80. The Bertz CT molecular complexity index is 1240. The van der Waals surface area contributed by atoms with Crippen molar-refractivity contribution in [2.75, 3.05) is 0 Å². The third-order valence-corrected chi connectivity index (χ3v) is 5.56. The number of H-pyrrole nitrogens is 1. The molecule has 0 atom stereocenters. The Balaban J connectivity index is 1.82. The number of hydrogen-bond acceptors (Lipinski definition) is 4. The summed E-state index contributed by atoms with van der Waals surface area (Å²) in [5, 5.41) is 15.9. The maximum Gasteiger partial charge on any atom is 0.235 e. The van der Waals surface area contributed by atoms with E-state index in [1.54, 1.807) is 0 Å². The molecule has 128 valence electrons. The minimum Gasteiger partial charge on any atom is -0.352 e. The van der Waals surface area contributed by atoms with Crippen molar-refractivity contribution < 1.29 is 0 Å². The molecule has 0 spiro atoms. The van der Waals surface area contributed by atoms with Gasteiger partial charge in [-0.15, -0.1) is 10.2 Å². The lowest BCUT2D eigenvalue weighted by Gasteiger charge is -2.03. The Hall–Kier alpha value is -2.70. The Morgan fingerprint density at radius 3 is 2.77 bits per heavy atom. The van der Waals surface area contributed by atoms with Crippen molar-refractivity contribution in [1.29, 1.82) is 0 Å². The summed E-state index contributed by atoms with van der Waals surface area (Å²) in [6.45, 7) is 2.05. The van der Waals surface area contributed by atoms with E-state index in [0.717, 1.165) is 49.9 Å². The lowest BCUT2D eigenvalue weighted by Crippen LogP contribution is -1.93. The van der Waals surface area contributed by atoms with Crippen LogP contribution in [0.3, 0.4) is 0 Å². The van der Waals surface area contributed by atoms with Gasteiger partial charge in [-0.25, -0.2) is 0 Å². The molecule has 0 bridgehead atoms. The molecule has 0 aliphatic rings. The first-order valence-corrected chi connectivity index (χ1v) is 9.52. The first-order chi connectivity index (χ1) is 12.7. The van der Waals surface area contributed by atoms with Gasteiger partial charge in [0.05, 0.1) is 5.69 Å². The van der Waals surface area contributed by atoms with E-state index in [1.165, 1.54) is 11.3 Å². The summed E-state index contributed by atoms with van der Waals surface area (Å²) in [7, 11) is 0. The number of aromatic nitrogens is 5. The van der Waals surface area contributed by atoms with Crippen LogP contribution in [0.25, 0.3) is 37.7 Å². The molecule has 2 aromatic carbocycles. The Morgan fingerprint density at radius 2 is 1.96 bits per heavy atom. The van der Waals surface area contributed by atoms with E-state index in [4.69, 9.17) is 16.7 Å². The normalized spacial score (nSPS) is 11.6. The summed E-state index contributed by atoms with van der Waals surface area (Å²) in [6, 6.07) is 16.2. The van der Waals surface area contributed by atoms with Gasteiger partial charge in [-0.2, -0.15) is 9.61 Å². The molecule has 0 saturated heterocycles. The summed E-state index contributed by atoms with van der Waals surface area (Å²) < 4.78 is 1.83. The molecule has 3 aromatic heterocycles. The van der Waals surface area contributed by atoms with Crippen molar-refractivity contribution >= 4 is 38.8 Å². The fourth-order valence-corrected chi connectivity index (χ4v) is 4.25. The van der Waals surface area contributed by atoms with Gasteiger partial charge >= 0.3 is 0 Å². The molecule has 1 N–H and O–H groups in total. The summed E-state index contributed by atoms with van der Waals surface area (Å²) in [6.07, 6.45) is 0.790. The highest BCUT2D eigenvalue weighted by molar-refractivity contribution is 7.19. The Morgan fingerprint density at radius 1 is 1.12 bits per heavy atom. The molecule has 5 aromatic rings. The third kappa shape index (κ3) is 2.34. The number of aryl methyl sites for hydroxylation is 1.